The molecule has 0 bridgehead atoms. The van der Waals surface area contributed by atoms with Gasteiger partial charge in [-0.3, -0.25) is 0 Å². The molecular weight excluding hydrogens is 180 g/mol. The van der Waals surface area contributed by atoms with Crippen LogP contribution in [0.15, 0.2) is 18.2 Å². The molecule has 1 atom stereocenters. The van der Waals surface area contributed by atoms with Gasteiger partial charge in [-0.05, 0) is 26.0 Å². The smallest absolute Gasteiger partial charge is 0.128 e. The molecule has 0 aliphatic rings. The maximum Gasteiger partial charge on any atom is 0.128 e. The molecule has 1 aromatic rings. The van der Waals surface area contributed by atoms with E-state index < -0.39 is 6.10 Å². The van der Waals surface area contributed by atoms with Crippen LogP contribution in [0, 0.1) is 0 Å². The molecule has 0 amide bonds. The number of benzene rings is 1. The van der Waals surface area contributed by atoms with Gasteiger partial charge in [-0.25, -0.2) is 0 Å². The van der Waals surface area contributed by atoms with Crippen molar-refractivity contribution in [1.82, 2.24) is 0 Å². The van der Waals surface area contributed by atoms with Crippen molar-refractivity contribution in [2.45, 2.75) is 20.0 Å². The molecule has 14 heavy (non-hydrogen) atoms. The Morgan fingerprint density at radius 1 is 1.36 bits per heavy atom. The summed E-state index contributed by atoms with van der Waals surface area (Å²) >= 11 is 0. The predicted octanol–water partition coefficient (Wildman–Crippen LogP) is 2.15. The van der Waals surface area contributed by atoms with Gasteiger partial charge in [-0.15, -0.1) is 0 Å². The molecule has 3 nitrogen and oxygen atoms in total. The van der Waals surface area contributed by atoms with Crippen molar-refractivity contribution in [1.29, 1.82) is 0 Å². The van der Waals surface area contributed by atoms with Gasteiger partial charge in [-0.2, -0.15) is 0 Å². The first-order chi connectivity index (χ1) is 6.70. The molecule has 1 aromatic carbocycles. The van der Waals surface area contributed by atoms with Gasteiger partial charge in [0.1, 0.15) is 11.5 Å². The van der Waals surface area contributed by atoms with Crippen molar-refractivity contribution < 1.29 is 14.6 Å². The summed E-state index contributed by atoms with van der Waals surface area (Å²) in [5, 5.41) is 9.58. The van der Waals surface area contributed by atoms with Crippen molar-refractivity contribution in [2.24, 2.45) is 0 Å². The van der Waals surface area contributed by atoms with Gasteiger partial charge >= 0.3 is 0 Å². The van der Waals surface area contributed by atoms with Crippen LogP contribution >= 0.6 is 0 Å². The zero-order chi connectivity index (χ0) is 10.6. The highest BCUT2D eigenvalue weighted by Gasteiger charge is 2.14. The minimum absolute atomic E-state index is 0.576. The first-order valence-corrected chi connectivity index (χ1v) is 4.68. The molecule has 0 fully saturated rings. The van der Waals surface area contributed by atoms with Crippen molar-refractivity contribution in [3.63, 3.8) is 0 Å². The fourth-order valence-electron chi connectivity index (χ4n) is 1.40. The monoisotopic (exact) mass is 196 g/mol. The van der Waals surface area contributed by atoms with E-state index in [1.165, 1.54) is 0 Å². The fourth-order valence-corrected chi connectivity index (χ4v) is 1.40. The summed E-state index contributed by atoms with van der Waals surface area (Å²) < 4.78 is 10.6. The van der Waals surface area contributed by atoms with Crippen LogP contribution in [0.2, 0.25) is 0 Å². The lowest BCUT2D eigenvalue weighted by Crippen LogP contribution is -2.02. The molecule has 3 heteroatoms. The van der Waals surface area contributed by atoms with E-state index in [4.69, 9.17) is 9.47 Å². The maximum atomic E-state index is 9.58. The van der Waals surface area contributed by atoms with E-state index in [1.54, 1.807) is 14.0 Å². The molecule has 0 aliphatic carbocycles. The third-order valence-corrected chi connectivity index (χ3v) is 1.96. The van der Waals surface area contributed by atoms with Gasteiger partial charge in [-0.1, -0.05) is 6.07 Å². The molecule has 1 N–H and O–H groups in total. The third-order valence-electron chi connectivity index (χ3n) is 1.96. The Bertz CT molecular complexity index is 295. The second-order valence-electron chi connectivity index (χ2n) is 2.98. The summed E-state index contributed by atoms with van der Waals surface area (Å²) in [7, 11) is 1.58. The largest absolute Gasteiger partial charge is 0.496 e. The summed E-state index contributed by atoms with van der Waals surface area (Å²) in [6.07, 6.45) is -0.590. The zero-order valence-electron chi connectivity index (χ0n) is 8.78. The second-order valence-corrected chi connectivity index (χ2v) is 2.98. The molecule has 0 heterocycles. The lowest BCUT2D eigenvalue weighted by molar-refractivity contribution is 0.187. The second kappa shape index (κ2) is 4.86. The van der Waals surface area contributed by atoms with Crippen LogP contribution in [0.5, 0.6) is 11.5 Å². The SMILES string of the molecule is CCOc1cccc(OC)c1C(C)O. The van der Waals surface area contributed by atoms with Crippen LogP contribution in [0.25, 0.3) is 0 Å². The van der Waals surface area contributed by atoms with Gasteiger partial charge < -0.3 is 14.6 Å². The molecule has 0 radical (unpaired) electrons. The number of aliphatic hydroxyl groups is 1. The van der Waals surface area contributed by atoms with E-state index >= 15 is 0 Å². The van der Waals surface area contributed by atoms with Gasteiger partial charge in [0.2, 0.25) is 0 Å². The number of methoxy groups -OCH3 is 1. The van der Waals surface area contributed by atoms with Gasteiger partial charge in [0, 0.05) is 0 Å². The first kappa shape index (κ1) is 10.9. The average Bonchev–Trinajstić information content (AvgIpc) is 2.17. The van der Waals surface area contributed by atoms with Crippen LogP contribution in [0.4, 0.5) is 0 Å². The lowest BCUT2D eigenvalue weighted by atomic mass is 10.1. The van der Waals surface area contributed by atoms with Crippen molar-refractivity contribution in [3.8, 4) is 11.5 Å². The summed E-state index contributed by atoms with van der Waals surface area (Å²) in [5.41, 5.74) is 0.705. The molecule has 0 spiro atoms. The molecule has 0 saturated heterocycles. The quantitative estimate of drug-likeness (QED) is 0.801. The molecule has 78 valence electrons. The van der Waals surface area contributed by atoms with Gasteiger partial charge in [0.05, 0.1) is 25.4 Å². The molecule has 0 aliphatic heterocycles. The van der Waals surface area contributed by atoms with Crippen LogP contribution in [0.3, 0.4) is 0 Å². The standard InChI is InChI=1S/C11H16O3/c1-4-14-10-7-5-6-9(13-3)11(10)8(2)12/h5-8,12H,4H2,1-3H3. The van der Waals surface area contributed by atoms with Crippen LogP contribution in [-0.2, 0) is 0 Å². The molecular formula is C11H16O3. The Hall–Kier alpha value is -1.22. The number of ether oxygens (including phenoxy) is 2. The van der Waals surface area contributed by atoms with Crippen LogP contribution in [0.1, 0.15) is 25.5 Å². The third kappa shape index (κ3) is 2.17. The number of hydrogen-bond donors (Lipinski definition) is 1. The zero-order valence-corrected chi connectivity index (χ0v) is 8.78. The Morgan fingerprint density at radius 3 is 2.50 bits per heavy atom. The van der Waals surface area contributed by atoms with Crippen molar-refractivity contribution >= 4 is 0 Å². The lowest BCUT2D eigenvalue weighted by Gasteiger charge is -2.15. The van der Waals surface area contributed by atoms with Crippen molar-refractivity contribution in [2.75, 3.05) is 13.7 Å². The average molecular weight is 196 g/mol. The Labute approximate surface area is 84.3 Å². The Balaban J connectivity index is 3.14. The summed E-state index contributed by atoms with van der Waals surface area (Å²) in [6.45, 7) is 4.18. The number of aliphatic hydroxyl groups excluding tert-OH is 1. The minimum Gasteiger partial charge on any atom is -0.496 e. The molecule has 1 unspecified atom stereocenters. The predicted molar refractivity (Wildman–Crippen MR) is 54.8 cm³/mol. The first-order valence-electron chi connectivity index (χ1n) is 4.68. The van der Waals surface area contributed by atoms with E-state index in [0.29, 0.717) is 23.7 Å². The topological polar surface area (TPSA) is 38.7 Å². The van der Waals surface area contributed by atoms with E-state index in [-0.39, 0.29) is 0 Å². The molecule has 0 aromatic heterocycles. The molecule has 0 saturated carbocycles. The molecule has 1 rings (SSSR count). The van der Waals surface area contributed by atoms with Crippen molar-refractivity contribution in [3.05, 3.63) is 23.8 Å². The summed E-state index contributed by atoms with van der Waals surface area (Å²) in [6, 6.07) is 5.48. The van der Waals surface area contributed by atoms with E-state index in [2.05, 4.69) is 0 Å². The van der Waals surface area contributed by atoms with Crippen LogP contribution in [-0.4, -0.2) is 18.8 Å². The number of rotatable bonds is 4. The van der Waals surface area contributed by atoms with Gasteiger partial charge in [0.15, 0.2) is 0 Å². The van der Waals surface area contributed by atoms with Crippen LogP contribution < -0.4 is 9.47 Å². The summed E-state index contributed by atoms with van der Waals surface area (Å²) in [5.74, 6) is 1.34. The van der Waals surface area contributed by atoms with E-state index in [1.807, 2.05) is 25.1 Å². The maximum absolute atomic E-state index is 9.58. The van der Waals surface area contributed by atoms with E-state index in [0.717, 1.165) is 0 Å². The Morgan fingerprint density at radius 2 is 2.00 bits per heavy atom. The number of hydrogen-bond acceptors (Lipinski definition) is 3. The van der Waals surface area contributed by atoms with E-state index in [9.17, 15) is 5.11 Å². The fraction of sp³-hybridized carbons (Fsp3) is 0.455. The van der Waals surface area contributed by atoms with Gasteiger partial charge in [0.25, 0.3) is 0 Å². The minimum atomic E-state index is -0.590. The highest BCUT2D eigenvalue weighted by molar-refractivity contribution is 5.46. The highest BCUT2D eigenvalue weighted by atomic mass is 16.5. The highest BCUT2D eigenvalue weighted by Crippen LogP contribution is 2.33. The summed E-state index contributed by atoms with van der Waals surface area (Å²) in [4.78, 5) is 0. The Kier molecular flexibility index (Phi) is 3.77. The normalized spacial score (nSPS) is 12.3.